The van der Waals surface area contributed by atoms with Gasteiger partial charge in [-0.05, 0) is 25.5 Å². The molecular weight excluding hydrogens is 282 g/mol. The number of nitrogens with zero attached hydrogens (tertiary/aromatic N) is 1. The molecule has 0 saturated carbocycles. The number of primary amides is 1. The van der Waals surface area contributed by atoms with Gasteiger partial charge >= 0.3 is 5.97 Å². The van der Waals surface area contributed by atoms with E-state index >= 15 is 0 Å². The zero-order valence-electron chi connectivity index (χ0n) is 11.0. The van der Waals surface area contributed by atoms with Crippen molar-refractivity contribution in [1.82, 2.24) is 0 Å². The Morgan fingerprint density at radius 2 is 2.10 bits per heavy atom. The Kier molecular flexibility index (Phi) is 3.52. The number of halogens is 1. The largest absolute Gasteiger partial charge is 0.478 e. The van der Waals surface area contributed by atoms with Crippen molar-refractivity contribution in [2.75, 3.05) is 23.7 Å². The van der Waals surface area contributed by atoms with Gasteiger partial charge in [-0.15, -0.1) is 0 Å². The zero-order chi connectivity index (χ0) is 15.1. The van der Waals surface area contributed by atoms with E-state index in [9.17, 15) is 14.7 Å². The second kappa shape index (κ2) is 4.86. The summed E-state index contributed by atoms with van der Waals surface area (Å²) >= 11 is 6.13. The number of rotatable bonds is 3. The Labute approximate surface area is 121 Å². The first-order chi connectivity index (χ1) is 9.24. The third-order valence-corrected chi connectivity index (χ3v) is 3.99. The lowest BCUT2D eigenvalue weighted by atomic mass is 9.89. The smallest absolute Gasteiger partial charge is 0.337 e. The molecule has 1 heterocycles. The molecule has 1 atom stereocenters. The van der Waals surface area contributed by atoms with Crippen LogP contribution in [-0.4, -0.2) is 30.1 Å². The molecule has 0 spiro atoms. The monoisotopic (exact) mass is 297 g/mol. The second-order valence-electron chi connectivity index (χ2n) is 5.30. The van der Waals surface area contributed by atoms with Gasteiger partial charge in [-0.1, -0.05) is 11.6 Å². The van der Waals surface area contributed by atoms with Gasteiger partial charge in [-0.3, -0.25) is 4.79 Å². The van der Waals surface area contributed by atoms with E-state index in [2.05, 4.69) is 0 Å². The number of aromatic carboxylic acids is 1. The lowest BCUT2D eigenvalue weighted by Gasteiger charge is -2.25. The summed E-state index contributed by atoms with van der Waals surface area (Å²) in [6, 6.07) is 2.87. The normalized spacial score (nSPS) is 22.0. The van der Waals surface area contributed by atoms with Crippen molar-refractivity contribution in [2.24, 2.45) is 11.1 Å². The quantitative estimate of drug-likeness (QED) is 0.729. The number of nitrogens with two attached hydrogens (primary N) is 2. The van der Waals surface area contributed by atoms with Crippen molar-refractivity contribution in [1.29, 1.82) is 0 Å². The summed E-state index contributed by atoms with van der Waals surface area (Å²) < 4.78 is 0. The highest BCUT2D eigenvalue weighted by Gasteiger charge is 2.40. The number of carboxylic acids is 1. The molecule has 1 fully saturated rings. The van der Waals surface area contributed by atoms with Crippen LogP contribution in [0.1, 0.15) is 23.7 Å². The maximum atomic E-state index is 11.5. The third-order valence-electron chi connectivity index (χ3n) is 3.70. The number of carbonyl (C=O) groups excluding carboxylic acids is 1. The Hall–Kier alpha value is -1.95. The molecule has 1 amide bonds. The highest BCUT2D eigenvalue weighted by atomic mass is 35.5. The molecule has 2 rings (SSSR count). The fourth-order valence-corrected chi connectivity index (χ4v) is 2.80. The number of amides is 1. The standard InChI is InChI=1S/C13H16ClN3O3/c1-13(12(16)20)2-3-17(6-13)10-8(11(18)19)4-7(15)5-9(10)14/h4-5H,2-3,6,15H2,1H3,(H2,16,20)(H,18,19). The van der Waals surface area contributed by atoms with Crippen LogP contribution in [0.4, 0.5) is 11.4 Å². The van der Waals surface area contributed by atoms with Gasteiger partial charge in [0.25, 0.3) is 0 Å². The van der Waals surface area contributed by atoms with Crippen molar-refractivity contribution >= 4 is 34.9 Å². The molecule has 1 aromatic rings. The maximum absolute atomic E-state index is 11.5. The van der Waals surface area contributed by atoms with E-state index in [0.29, 0.717) is 25.2 Å². The summed E-state index contributed by atoms with van der Waals surface area (Å²) in [5.74, 6) is -1.51. The van der Waals surface area contributed by atoms with Crippen LogP contribution in [0.25, 0.3) is 0 Å². The van der Waals surface area contributed by atoms with Crippen molar-refractivity contribution in [3.63, 3.8) is 0 Å². The Balaban J connectivity index is 2.44. The minimum absolute atomic E-state index is 0.0312. The summed E-state index contributed by atoms with van der Waals surface area (Å²) in [4.78, 5) is 24.6. The first kappa shape index (κ1) is 14.5. The number of carboxylic acid groups (broad SMARTS) is 1. The SMILES string of the molecule is CC1(C(N)=O)CCN(c2c(Cl)cc(N)cc2C(=O)O)C1. The zero-order valence-corrected chi connectivity index (χ0v) is 11.8. The lowest BCUT2D eigenvalue weighted by molar-refractivity contribution is -0.125. The number of anilines is 2. The molecule has 1 saturated heterocycles. The highest BCUT2D eigenvalue weighted by Crippen LogP contribution is 2.39. The molecule has 108 valence electrons. The molecular formula is C13H16ClN3O3. The minimum atomic E-state index is -1.11. The Morgan fingerprint density at radius 3 is 2.60 bits per heavy atom. The number of carbonyl (C=O) groups is 2. The summed E-state index contributed by atoms with van der Waals surface area (Å²) in [6.45, 7) is 2.62. The molecule has 5 N–H and O–H groups in total. The van der Waals surface area contributed by atoms with Gasteiger partial charge in [-0.25, -0.2) is 4.79 Å². The predicted molar refractivity (Wildman–Crippen MR) is 77.0 cm³/mol. The minimum Gasteiger partial charge on any atom is -0.478 e. The Morgan fingerprint density at radius 1 is 1.45 bits per heavy atom. The van der Waals surface area contributed by atoms with E-state index in [-0.39, 0.29) is 16.3 Å². The number of hydrogen-bond donors (Lipinski definition) is 3. The molecule has 6 nitrogen and oxygen atoms in total. The van der Waals surface area contributed by atoms with Gasteiger partial charge in [-0.2, -0.15) is 0 Å². The van der Waals surface area contributed by atoms with Crippen LogP contribution in [0.15, 0.2) is 12.1 Å². The molecule has 1 unspecified atom stereocenters. The number of nitrogen functional groups attached to an aromatic ring is 1. The number of hydrogen-bond acceptors (Lipinski definition) is 4. The maximum Gasteiger partial charge on any atom is 0.337 e. The first-order valence-corrected chi connectivity index (χ1v) is 6.49. The van der Waals surface area contributed by atoms with E-state index in [1.807, 2.05) is 0 Å². The van der Waals surface area contributed by atoms with Crippen LogP contribution in [0.3, 0.4) is 0 Å². The topological polar surface area (TPSA) is 110 Å². The van der Waals surface area contributed by atoms with E-state index in [1.54, 1.807) is 11.8 Å². The van der Waals surface area contributed by atoms with Gasteiger partial charge < -0.3 is 21.5 Å². The Bertz CT molecular complexity index is 590. The lowest BCUT2D eigenvalue weighted by Crippen LogP contribution is -2.37. The van der Waals surface area contributed by atoms with Crippen molar-refractivity contribution < 1.29 is 14.7 Å². The first-order valence-electron chi connectivity index (χ1n) is 6.12. The van der Waals surface area contributed by atoms with Crippen molar-refractivity contribution in [2.45, 2.75) is 13.3 Å². The fraction of sp³-hybridized carbons (Fsp3) is 0.385. The van der Waals surface area contributed by atoms with Gasteiger partial charge in [0.1, 0.15) is 0 Å². The van der Waals surface area contributed by atoms with Crippen molar-refractivity contribution in [3.05, 3.63) is 22.7 Å². The molecule has 1 aliphatic rings. The van der Waals surface area contributed by atoms with Crippen LogP contribution in [0.2, 0.25) is 5.02 Å². The molecule has 1 aromatic carbocycles. The second-order valence-corrected chi connectivity index (χ2v) is 5.71. The van der Waals surface area contributed by atoms with E-state index in [0.717, 1.165) is 0 Å². The summed E-state index contributed by atoms with van der Waals surface area (Å²) in [5.41, 5.74) is 11.0. The molecule has 0 radical (unpaired) electrons. The molecule has 0 aromatic heterocycles. The van der Waals surface area contributed by atoms with E-state index in [4.69, 9.17) is 23.1 Å². The summed E-state index contributed by atoms with van der Waals surface area (Å²) in [5, 5.41) is 9.54. The fourth-order valence-electron chi connectivity index (χ4n) is 2.46. The van der Waals surface area contributed by atoms with Crippen LogP contribution in [0.5, 0.6) is 0 Å². The van der Waals surface area contributed by atoms with E-state index < -0.39 is 17.3 Å². The van der Waals surface area contributed by atoms with Crippen LogP contribution < -0.4 is 16.4 Å². The van der Waals surface area contributed by atoms with Crippen LogP contribution >= 0.6 is 11.6 Å². The van der Waals surface area contributed by atoms with Crippen molar-refractivity contribution in [3.8, 4) is 0 Å². The summed E-state index contributed by atoms with van der Waals surface area (Å²) in [7, 11) is 0. The molecule has 20 heavy (non-hydrogen) atoms. The average molecular weight is 298 g/mol. The third kappa shape index (κ3) is 2.38. The van der Waals surface area contributed by atoms with Gasteiger partial charge in [0.15, 0.2) is 0 Å². The van der Waals surface area contributed by atoms with Gasteiger partial charge in [0.2, 0.25) is 5.91 Å². The molecule has 7 heteroatoms. The van der Waals surface area contributed by atoms with Gasteiger partial charge in [0.05, 0.1) is 21.7 Å². The summed E-state index contributed by atoms with van der Waals surface area (Å²) in [6.07, 6.45) is 0.558. The average Bonchev–Trinajstić information content (AvgIpc) is 2.72. The van der Waals surface area contributed by atoms with Crippen LogP contribution in [0, 0.1) is 5.41 Å². The van der Waals surface area contributed by atoms with Crippen LogP contribution in [-0.2, 0) is 4.79 Å². The number of benzene rings is 1. The predicted octanol–water partition coefficient (Wildman–Crippen LogP) is 1.32. The molecule has 0 bridgehead atoms. The highest BCUT2D eigenvalue weighted by molar-refractivity contribution is 6.34. The molecule has 0 aliphatic carbocycles. The van der Waals surface area contributed by atoms with Gasteiger partial charge in [0, 0.05) is 18.8 Å². The van der Waals surface area contributed by atoms with E-state index in [1.165, 1.54) is 12.1 Å². The molecule has 1 aliphatic heterocycles.